The van der Waals surface area contributed by atoms with Crippen LogP contribution in [0, 0.1) is 11.8 Å². The summed E-state index contributed by atoms with van der Waals surface area (Å²) in [4.78, 5) is 22.7. The third-order valence-electron chi connectivity index (χ3n) is 2.19. The molecule has 0 fully saturated rings. The second kappa shape index (κ2) is 5.87. The van der Waals surface area contributed by atoms with E-state index in [1.165, 1.54) is 0 Å². The first kappa shape index (κ1) is 14.9. The minimum absolute atomic E-state index is 0.0889. The van der Waals surface area contributed by atoms with Crippen molar-refractivity contribution in [3.05, 3.63) is 0 Å². The maximum Gasteiger partial charge on any atom is 0.407 e. The summed E-state index contributed by atoms with van der Waals surface area (Å²) in [6, 6.07) is 0. The highest BCUT2D eigenvalue weighted by Gasteiger charge is 2.21. The number of ketones is 1. The van der Waals surface area contributed by atoms with Gasteiger partial charge < -0.3 is 10.1 Å². The van der Waals surface area contributed by atoms with Gasteiger partial charge in [-0.3, -0.25) is 4.79 Å². The molecular formula is C12H23NO3. The number of carbonyl (C=O) groups excluding carboxylic acids is 2. The lowest BCUT2D eigenvalue weighted by atomic mass is 9.92. The van der Waals surface area contributed by atoms with Crippen molar-refractivity contribution < 1.29 is 14.3 Å². The maximum atomic E-state index is 11.4. The van der Waals surface area contributed by atoms with Crippen LogP contribution >= 0.6 is 0 Å². The standard InChI is InChI=1S/C12H23NO3/c1-8(2)10(9(3)14)7-13-11(15)16-12(4,5)6/h8,10H,7H2,1-6H3,(H,13,15). The third kappa shape index (κ3) is 6.43. The van der Waals surface area contributed by atoms with E-state index in [2.05, 4.69) is 5.32 Å². The minimum atomic E-state index is -0.506. The summed E-state index contributed by atoms with van der Waals surface area (Å²) in [7, 11) is 0. The molecule has 0 saturated heterocycles. The van der Waals surface area contributed by atoms with E-state index in [1.54, 1.807) is 27.7 Å². The van der Waals surface area contributed by atoms with Crippen LogP contribution in [0.5, 0.6) is 0 Å². The molecule has 0 aliphatic rings. The third-order valence-corrected chi connectivity index (χ3v) is 2.19. The van der Waals surface area contributed by atoms with Crippen molar-refractivity contribution in [2.75, 3.05) is 6.54 Å². The fraction of sp³-hybridized carbons (Fsp3) is 0.833. The van der Waals surface area contributed by atoms with Gasteiger partial charge >= 0.3 is 6.09 Å². The average Bonchev–Trinajstić information content (AvgIpc) is 1.98. The Morgan fingerprint density at radius 3 is 2.06 bits per heavy atom. The van der Waals surface area contributed by atoms with Crippen LogP contribution in [-0.2, 0) is 9.53 Å². The Morgan fingerprint density at radius 2 is 1.75 bits per heavy atom. The number of ether oxygens (including phenoxy) is 1. The smallest absolute Gasteiger partial charge is 0.407 e. The Balaban J connectivity index is 4.12. The average molecular weight is 229 g/mol. The van der Waals surface area contributed by atoms with Crippen LogP contribution in [0.15, 0.2) is 0 Å². The lowest BCUT2D eigenvalue weighted by Gasteiger charge is -2.22. The van der Waals surface area contributed by atoms with Crippen LogP contribution < -0.4 is 5.32 Å². The van der Waals surface area contributed by atoms with Crippen LogP contribution in [-0.4, -0.2) is 24.0 Å². The number of hydrogen-bond donors (Lipinski definition) is 1. The van der Waals surface area contributed by atoms with Crippen molar-refractivity contribution >= 4 is 11.9 Å². The second-order valence-corrected chi connectivity index (χ2v) is 5.34. The normalized spacial score (nSPS) is 13.4. The maximum absolute atomic E-state index is 11.4. The highest BCUT2D eigenvalue weighted by Crippen LogP contribution is 2.11. The van der Waals surface area contributed by atoms with Gasteiger partial charge in [0.25, 0.3) is 0 Å². The molecule has 0 spiro atoms. The van der Waals surface area contributed by atoms with Gasteiger partial charge in [-0.15, -0.1) is 0 Å². The Morgan fingerprint density at radius 1 is 1.25 bits per heavy atom. The van der Waals surface area contributed by atoms with Crippen molar-refractivity contribution in [1.82, 2.24) is 5.32 Å². The number of Topliss-reactive ketones (excluding diaryl/α,β-unsaturated/α-hetero) is 1. The lowest BCUT2D eigenvalue weighted by molar-refractivity contribution is -0.121. The van der Waals surface area contributed by atoms with E-state index in [0.29, 0.717) is 6.54 Å². The molecule has 1 N–H and O–H groups in total. The van der Waals surface area contributed by atoms with Crippen LogP contribution in [0.2, 0.25) is 0 Å². The van der Waals surface area contributed by atoms with E-state index in [0.717, 1.165) is 0 Å². The fourth-order valence-electron chi connectivity index (χ4n) is 1.36. The van der Waals surface area contributed by atoms with Gasteiger partial charge in [-0.1, -0.05) is 13.8 Å². The first-order chi connectivity index (χ1) is 7.13. The molecule has 0 radical (unpaired) electrons. The van der Waals surface area contributed by atoms with E-state index in [1.807, 2.05) is 13.8 Å². The summed E-state index contributed by atoms with van der Waals surface area (Å²) < 4.78 is 5.09. The molecule has 94 valence electrons. The van der Waals surface area contributed by atoms with E-state index < -0.39 is 11.7 Å². The molecule has 0 aliphatic heterocycles. The molecule has 0 heterocycles. The topological polar surface area (TPSA) is 55.4 Å². The Hall–Kier alpha value is -1.06. The Bertz CT molecular complexity index is 253. The quantitative estimate of drug-likeness (QED) is 0.805. The summed E-state index contributed by atoms with van der Waals surface area (Å²) in [5.41, 5.74) is -0.506. The first-order valence-electron chi connectivity index (χ1n) is 5.61. The molecule has 0 aromatic rings. The number of carbonyl (C=O) groups is 2. The molecule has 4 heteroatoms. The molecule has 0 bridgehead atoms. The molecule has 1 amide bonds. The Kier molecular flexibility index (Phi) is 5.48. The van der Waals surface area contributed by atoms with E-state index in [4.69, 9.17) is 4.74 Å². The van der Waals surface area contributed by atoms with E-state index in [9.17, 15) is 9.59 Å². The predicted molar refractivity (Wildman–Crippen MR) is 63.2 cm³/mol. The summed E-state index contributed by atoms with van der Waals surface area (Å²) in [5.74, 6) is 0.158. The molecule has 4 nitrogen and oxygen atoms in total. The van der Waals surface area contributed by atoms with Crippen molar-refractivity contribution in [2.24, 2.45) is 11.8 Å². The fourth-order valence-corrected chi connectivity index (χ4v) is 1.36. The molecule has 1 unspecified atom stereocenters. The molecule has 0 rings (SSSR count). The van der Waals surface area contributed by atoms with E-state index >= 15 is 0 Å². The van der Waals surface area contributed by atoms with E-state index in [-0.39, 0.29) is 17.6 Å². The zero-order valence-corrected chi connectivity index (χ0v) is 11.1. The molecule has 0 saturated carbocycles. The molecule has 0 aliphatic carbocycles. The highest BCUT2D eigenvalue weighted by molar-refractivity contribution is 5.79. The predicted octanol–water partition coefficient (Wildman–Crippen LogP) is 2.37. The lowest BCUT2D eigenvalue weighted by Crippen LogP contribution is -2.38. The molecule has 0 aromatic heterocycles. The van der Waals surface area contributed by atoms with Gasteiger partial charge in [0.05, 0.1) is 0 Å². The van der Waals surface area contributed by atoms with Crippen LogP contribution in [0.3, 0.4) is 0 Å². The SMILES string of the molecule is CC(=O)C(CNC(=O)OC(C)(C)C)C(C)C. The second-order valence-electron chi connectivity index (χ2n) is 5.34. The van der Waals surface area contributed by atoms with Crippen molar-refractivity contribution in [3.63, 3.8) is 0 Å². The molecule has 0 aromatic carbocycles. The van der Waals surface area contributed by atoms with Crippen LogP contribution in [0.25, 0.3) is 0 Å². The van der Waals surface area contributed by atoms with Crippen molar-refractivity contribution in [3.8, 4) is 0 Å². The highest BCUT2D eigenvalue weighted by atomic mass is 16.6. The number of amides is 1. The summed E-state index contributed by atoms with van der Waals surface area (Å²) in [5, 5.41) is 2.62. The van der Waals surface area contributed by atoms with Gasteiger partial charge in [-0.05, 0) is 33.6 Å². The summed E-state index contributed by atoms with van der Waals surface area (Å²) in [6.45, 7) is 11.2. The van der Waals surface area contributed by atoms with Gasteiger partial charge in [0.2, 0.25) is 0 Å². The zero-order valence-electron chi connectivity index (χ0n) is 11.1. The van der Waals surface area contributed by atoms with Crippen molar-refractivity contribution in [1.29, 1.82) is 0 Å². The van der Waals surface area contributed by atoms with Gasteiger partial charge in [0, 0.05) is 12.5 Å². The number of hydrogen-bond acceptors (Lipinski definition) is 3. The number of alkyl carbamates (subject to hydrolysis) is 1. The van der Waals surface area contributed by atoms with Gasteiger partial charge in [0.1, 0.15) is 11.4 Å². The van der Waals surface area contributed by atoms with Gasteiger partial charge in [-0.2, -0.15) is 0 Å². The first-order valence-corrected chi connectivity index (χ1v) is 5.61. The van der Waals surface area contributed by atoms with Crippen LogP contribution in [0.1, 0.15) is 41.5 Å². The molecular weight excluding hydrogens is 206 g/mol. The molecule has 16 heavy (non-hydrogen) atoms. The molecule has 1 atom stereocenters. The van der Waals surface area contributed by atoms with Gasteiger partial charge in [-0.25, -0.2) is 4.79 Å². The zero-order chi connectivity index (χ0) is 12.9. The van der Waals surface area contributed by atoms with Crippen LogP contribution in [0.4, 0.5) is 4.79 Å². The largest absolute Gasteiger partial charge is 0.444 e. The van der Waals surface area contributed by atoms with Crippen molar-refractivity contribution in [2.45, 2.75) is 47.1 Å². The number of nitrogens with one attached hydrogen (secondary N) is 1. The van der Waals surface area contributed by atoms with Gasteiger partial charge in [0.15, 0.2) is 0 Å². The summed E-state index contributed by atoms with van der Waals surface area (Å²) >= 11 is 0. The Labute approximate surface area is 97.7 Å². The monoisotopic (exact) mass is 229 g/mol. The summed E-state index contributed by atoms with van der Waals surface area (Å²) in [6.07, 6.45) is -0.473. The number of rotatable bonds is 4. The minimum Gasteiger partial charge on any atom is -0.444 e.